The van der Waals surface area contributed by atoms with Crippen LogP contribution in [0.4, 0.5) is 10.2 Å². The molecule has 0 radical (unpaired) electrons. The van der Waals surface area contributed by atoms with Crippen molar-refractivity contribution in [2.24, 2.45) is 0 Å². The van der Waals surface area contributed by atoms with Crippen LogP contribution in [0.1, 0.15) is 12.1 Å². The summed E-state index contributed by atoms with van der Waals surface area (Å²) in [5, 5.41) is 5.93. The van der Waals surface area contributed by atoms with E-state index in [0.29, 0.717) is 66.6 Å². The molecule has 2 aliphatic rings. The number of halogens is 3. The number of piperidine rings is 1. The van der Waals surface area contributed by atoms with E-state index in [4.69, 9.17) is 9.47 Å². The maximum Gasteiger partial charge on any atom is 0.269 e. The van der Waals surface area contributed by atoms with Crippen molar-refractivity contribution in [1.29, 1.82) is 0 Å². The van der Waals surface area contributed by atoms with Gasteiger partial charge in [-0.1, -0.05) is 0 Å². The molecular weight excluding hydrogens is 526 g/mol. The Morgan fingerprint density at radius 2 is 2.05 bits per heavy atom. The van der Waals surface area contributed by atoms with Crippen LogP contribution in [0.2, 0.25) is 0 Å². The molecule has 1 aromatic carbocycles. The van der Waals surface area contributed by atoms with Gasteiger partial charge in [-0.2, -0.15) is 0 Å². The van der Waals surface area contributed by atoms with Gasteiger partial charge in [-0.05, 0) is 37.2 Å². The molecule has 0 saturated carbocycles. The summed E-state index contributed by atoms with van der Waals surface area (Å²) in [4.78, 5) is 34.6. The van der Waals surface area contributed by atoms with Crippen LogP contribution in [0.25, 0.3) is 11.0 Å². The van der Waals surface area contributed by atoms with Crippen molar-refractivity contribution < 1.29 is 18.7 Å². The van der Waals surface area contributed by atoms with Crippen LogP contribution >= 0.6 is 24.8 Å². The van der Waals surface area contributed by atoms with Gasteiger partial charge in [0.25, 0.3) is 11.5 Å². The average Bonchev–Trinajstić information content (AvgIpc) is 2.87. The van der Waals surface area contributed by atoms with Crippen LogP contribution in [0.3, 0.4) is 0 Å². The van der Waals surface area contributed by atoms with E-state index in [9.17, 15) is 14.0 Å². The second-order valence-corrected chi connectivity index (χ2v) is 8.68. The van der Waals surface area contributed by atoms with Crippen LogP contribution in [0, 0.1) is 0 Å². The number of nitrogens with zero attached hydrogens (tertiary/aromatic N) is 4. The quantitative estimate of drug-likeness (QED) is 0.457. The van der Waals surface area contributed by atoms with E-state index >= 15 is 0 Å². The van der Waals surface area contributed by atoms with Gasteiger partial charge in [0, 0.05) is 38.3 Å². The Morgan fingerprint density at radius 3 is 2.84 bits per heavy atom. The first-order valence-corrected chi connectivity index (χ1v) is 11.6. The van der Waals surface area contributed by atoms with E-state index in [-0.39, 0.29) is 55.5 Å². The molecule has 2 aliphatic heterocycles. The minimum Gasteiger partial charge on any atom is -0.497 e. The molecule has 1 saturated heterocycles. The largest absolute Gasteiger partial charge is 0.497 e. The highest BCUT2D eigenvalue weighted by molar-refractivity contribution is 5.94. The molecule has 2 N–H and O–H groups in total. The lowest BCUT2D eigenvalue weighted by Gasteiger charge is -2.35. The molecule has 2 unspecified atom stereocenters. The predicted molar refractivity (Wildman–Crippen MR) is 142 cm³/mol. The molecule has 13 heteroatoms. The van der Waals surface area contributed by atoms with Crippen molar-refractivity contribution in [2.45, 2.75) is 31.7 Å². The topological polar surface area (TPSA) is 111 Å². The van der Waals surface area contributed by atoms with Gasteiger partial charge in [-0.25, -0.2) is 14.4 Å². The van der Waals surface area contributed by atoms with Gasteiger partial charge in [0.2, 0.25) is 0 Å². The van der Waals surface area contributed by atoms with Crippen LogP contribution in [0.5, 0.6) is 11.5 Å². The Hall–Kier alpha value is -2.99. The van der Waals surface area contributed by atoms with Crippen molar-refractivity contribution in [3.63, 3.8) is 0 Å². The van der Waals surface area contributed by atoms with E-state index in [2.05, 4.69) is 20.6 Å². The van der Waals surface area contributed by atoms with Crippen molar-refractivity contribution in [2.75, 3.05) is 38.7 Å². The molecule has 0 bridgehead atoms. The number of carbonyl (C=O) groups excluding carboxylic acids is 1. The van der Waals surface area contributed by atoms with E-state index < -0.39 is 6.17 Å². The maximum atomic E-state index is 15.0. The fraction of sp³-hybridized carbons (Fsp3) is 0.417. The highest BCUT2D eigenvalue weighted by Crippen LogP contribution is 2.25. The number of ether oxygens (including phenoxy) is 2. The van der Waals surface area contributed by atoms with Gasteiger partial charge >= 0.3 is 0 Å². The Morgan fingerprint density at radius 1 is 1.22 bits per heavy atom. The van der Waals surface area contributed by atoms with Crippen LogP contribution in [0.15, 0.2) is 41.3 Å². The molecule has 5 rings (SSSR count). The average molecular weight is 555 g/mol. The number of nitrogens with one attached hydrogen (secondary N) is 2. The monoisotopic (exact) mass is 554 g/mol. The van der Waals surface area contributed by atoms with Gasteiger partial charge in [-0.15, -0.1) is 24.8 Å². The summed E-state index contributed by atoms with van der Waals surface area (Å²) in [6, 6.07) is 8.68. The number of fused-ring (bicyclic) bond motifs is 2. The molecule has 200 valence electrons. The molecule has 2 aromatic heterocycles. The van der Waals surface area contributed by atoms with E-state index in [1.165, 1.54) is 6.20 Å². The van der Waals surface area contributed by atoms with Gasteiger partial charge in [0.05, 0.1) is 30.0 Å². The van der Waals surface area contributed by atoms with E-state index in [1.807, 2.05) is 11.0 Å². The Bertz CT molecular complexity index is 1310. The minimum atomic E-state index is -1.06. The summed E-state index contributed by atoms with van der Waals surface area (Å²) in [5.74, 6) is 1.33. The summed E-state index contributed by atoms with van der Waals surface area (Å²) >= 11 is 0. The lowest BCUT2D eigenvalue weighted by Crippen LogP contribution is -2.51. The first-order valence-electron chi connectivity index (χ1n) is 11.6. The summed E-state index contributed by atoms with van der Waals surface area (Å²) in [5.41, 5.74) is 1.91. The van der Waals surface area contributed by atoms with Gasteiger partial charge < -0.3 is 24.7 Å². The molecule has 3 aromatic rings. The summed E-state index contributed by atoms with van der Waals surface area (Å²) < 4.78 is 27.3. The molecule has 2 atom stereocenters. The minimum absolute atomic E-state index is 0. The third-order valence-electron chi connectivity index (χ3n) is 6.40. The number of methoxy groups -OCH3 is 1. The van der Waals surface area contributed by atoms with Crippen molar-refractivity contribution >= 4 is 47.6 Å². The molecule has 1 fully saturated rings. The molecule has 37 heavy (non-hydrogen) atoms. The van der Waals surface area contributed by atoms with Crippen LogP contribution in [-0.2, 0) is 17.9 Å². The molecule has 1 amide bonds. The number of alkyl halides is 1. The van der Waals surface area contributed by atoms with E-state index in [1.54, 1.807) is 35.9 Å². The highest BCUT2D eigenvalue weighted by atomic mass is 35.5. The van der Waals surface area contributed by atoms with E-state index in [0.717, 1.165) is 0 Å². The summed E-state index contributed by atoms with van der Waals surface area (Å²) in [7, 11) is 1.58. The smallest absolute Gasteiger partial charge is 0.269 e. The first-order chi connectivity index (χ1) is 17.0. The maximum absolute atomic E-state index is 15.0. The van der Waals surface area contributed by atoms with Crippen molar-refractivity contribution in [3.8, 4) is 11.5 Å². The fourth-order valence-electron chi connectivity index (χ4n) is 4.48. The Kier molecular flexibility index (Phi) is 9.66. The fourth-order valence-corrected chi connectivity index (χ4v) is 4.48. The zero-order valence-electron chi connectivity index (χ0n) is 20.2. The molecular formula is C24H29Cl2FN6O4. The number of pyridine rings is 1. The zero-order chi connectivity index (χ0) is 24.4. The van der Waals surface area contributed by atoms with Crippen LogP contribution < -0.4 is 25.7 Å². The third-order valence-corrected chi connectivity index (χ3v) is 6.40. The standard InChI is InChI=1S/C24H27FN6O4.2ClH/c1-34-16-3-4-19-20(10-16)31(23(33)12-27-19)9-8-30-7-6-18(17(25)13-30)26-11-15-2-5-21-24(28-15)29-22(32)14-35-21;;/h2-5,10,12,17-18,26H,6-9,11,13-14H2,1H3,(H,28,29,32);2*1H. The SMILES string of the molecule is COc1ccc2ncc(=O)n(CCN3CCC(NCc4ccc5c(n4)NC(=O)CO5)C(F)C3)c2c1.Cl.Cl. The number of likely N-dealkylation sites (tertiary alicyclic amines) is 1. The number of hydrogen-bond donors (Lipinski definition) is 2. The number of carbonyl (C=O) groups is 1. The van der Waals surface area contributed by atoms with Gasteiger partial charge in [-0.3, -0.25) is 14.5 Å². The zero-order valence-corrected chi connectivity index (χ0v) is 21.8. The predicted octanol–water partition coefficient (Wildman–Crippen LogP) is 2.18. The Balaban J connectivity index is 0.00000190. The van der Waals surface area contributed by atoms with Gasteiger partial charge in [0.1, 0.15) is 11.9 Å². The van der Waals surface area contributed by atoms with Crippen LogP contribution in [-0.4, -0.2) is 70.9 Å². The molecule has 0 spiro atoms. The molecule has 4 heterocycles. The third kappa shape index (κ3) is 6.48. The number of hydrogen-bond acceptors (Lipinski definition) is 8. The second-order valence-electron chi connectivity index (χ2n) is 8.68. The van der Waals surface area contributed by atoms with Crippen molar-refractivity contribution in [1.82, 2.24) is 24.8 Å². The first kappa shape index (κ1) is 28.6. The summed E-state index contributed by atoms with van der Waals surface area (Å²) in [6.45, 7) is 2.34. The lowest BCUT2D eigenvalue weighted by atomic mass is 10.0. The number of benzene rings is 1. The molecule has 0 aliphatic carbocycles. The summed E-state index contributed by atoms with van der Waals surface area (Å²) in [6.07, 6.45) is 0.886. The lowest BCUT2D eigenvalue weighted by molar-refractivity contribution is -0.118. The van der Waals surface area contributed by atoms with Crippen molar-refractivity contribution in [3.05, 3.63) is 52.6 Å². The molecule has 10 nitrogen and oxygen atoms in total. The normalized spacial score (nSPS) is 19.1. The Labute approximate surface area is 225 Å². The number of aromatic nitrogens is 3. The number of amides is 1. The van der Waals surface area contributed by atoms with Gasteiger partial charge in [0.15, 0.2) is 18.2 Å². The second kappa shape index (κ2) is 12.5. The number of rotatable bonds is 7. The highest BCUT2D eigenvalue weighted by Gasteiger charge is 2.29. The number of anilines is 1.